The number of rotatable bonds is 14. The van der Waals surface area contributed by atoms with E-state index in [2.05, 4.69) is 108 Å². The van der Waals surface area contributed by atoms with Crippen molar-refractivity contribution in [3.63, 3.8) is 0 Å². The summed E-state index contributed by atoms with van der Waals surface area (Å²) in [6, 6.07) is 9.74. The summed E-state index contributed by atoms with van der Waals surface area (Å²) in [7, 11) is 0. The average molecular weight is 609 g/mol. The first-order valence-electron chi connectivity index (χ1n) is 16.3. The molecule has 0 fully saturated rings. The molecule has 3 rings (SSSR count). The molecule has 3 aromatic rings. The minimum atomic E-state index is 0.334. The molecule has 38 heavy (non-hydrogen) atoms. The van der Waals surface area contributed by atoms with Gasteiger partial charge < -0.3 is 0 Å². The molecule has 0 aliphatic carbocycles. The van der Waals surface area contributed by atoms with Gasteiger partial charge in [-0.2, -0.15) is 0 Å². The van der Waals surface area contributed by atoms with Crippen LogP contribution in [0.2, 0.25) is 0 Å². The van der Waals surface area contributed by atoms with Gasteiger partial charge in [0.25, 0.3) is 0 Å². The van der Waals surface area contributed by atoms with Gasteiger partial charge >= 0.3 is 247 Å². The fraction of sp³-hybridized carbons (Fsp3) is 0.571. The molecule has 1 heterocycles. The molecule has 3 heteroatoms. The molecule has 0 unspecified atom stereocenters. The Labute approximate surface area is 246 Å². The Morgan fingerprint density at radius 2 is 0.842 bits per heavy atom. The molecule has 1 aromatic heterocycles. The summed E-state index contributed by atoms with van der Waals surface area (Å²) in [6.07, 6.45) is 12.7. The van der Waals surface area contributed by atoms with Crippen molar-refractivity contribution in [2.24, 2.45) is 0 Å². The van der Waals surface area contributed by atoms with E-state index in [-0.39, 0.29) is 0 Å². The van der Waals surface area contributed by atoms with Crippen LogP contribution >= 0.6 is 0 Å². The molecule has 2 nitrogen and oxygen atoms in total. The van der Waals surface area contributed by atoms with Gasteiger partial charge in [0.1, 0.15) is 0 Å². The molecule has 0 atom stereocenters. The molecule has 2 aromatic carbocycles. The summed E-state index contributed by atoms with van der Waals surface area (Å²) in [4.78, 5) is 0. The van der Waals surface area contributed by atoms with Gasteiger partial charge in [-0.1, -0.05) is 0 Å². The van der Waals surface area contributed by atoms with Crippen LogP contribution in [0.15, 0.2) is 48.7 Å². The van der Waals surface area contributed by atoms with Crippen LogP contribution in [-0.4, -0.2) is 9.13 Å². The van der Waals surface area contributed by atoms with Gasteiger partial charge in [-0.25, -0.2) is 0 Å². The van der Waals surface area contributed by atoms with Crippen molar-refractivity contribution in [2.45, 2.75) is 130 Å². The molecule has 0 amide bonds. The Morgan fingerprint density at radius 1 is 0.553 bits per heavy atom. The third kappa shape index (κ3) is 6.05. The second-order valence-electron chi connectivity index (χ2n) is 10.7. The van der Waals surface area contributed by atoms with Crippen LogP contribution in [0.1, 0.15) is 155 Å². The predicted molar refractivity (Wildman–Crippen MR) is 162 cm³/mol. The van der Waals surface area contributed by atoms with Gasteiger partial charge in [0.05, 0.1) is 0 Å². The summed E-state index contributed by atoms with van der Waals surface area (Å²) in [6.45, 7) is 18.1. The van der Waals surface area contributed by atoms with Crippen molar-refractivity contribution in [2.75, 3.05) is 0 Å². The van der Waals surface area contributed by atoms with Crippen molar-refractivity contribution in [1.82, 2.24) is 9.13 Å². The van der Waals surface area contributed by atoms with Crippen LogP contribution in [0.4, 0.5) is 0 Å². The first kappa shape index (κ1) is 27.9. The van der Waals surface area contributed by atoms with E-state index in [1.807, 2.05) is 12.1 Å². The van der Waals surface area contributed by atoms with Gasteiger partial charge in [-0.05, 0) is 0 Å². The van der Waals surface area contributed by atoms with Gasteiger partial charge in [-0.15, -0.1) is 0 Å². The Hall–Kier alpha value is -1.69. The predicted octanol–water partition coefficient (Wildman–Crippen LogP) is 11.0. The number of hydrogen-bond acceptors (Lipinski definition) is 0. The summed E-state index contributed by atoms with van der Waals surface area (Å²) in [5, 5.41) is 0. The van der Waals surface area contributed by atoms with E-state index in [9.17, 15) is 0 Å². The second kappa shape index (κ2) is 14.6. The maximum atomic E-state index is 9.04. The van der Waals surface area contributed by atoms with Crippen LogP contribution in [0.5, 0.6) is 0 Å². The van der Waals surface area contributed by atoms with Crippen molar-refractivity contribution < 1.29 is 21.5 Å². The van der Waals surface area contributed by atoms with Gasteiger partial charge in [-0.3, -0.25) is 0 Å². The van der Waals surface area contributed by atoms with E-state index in [4.69, 9.17) is 2.74 Å². The van der Waals surface area contributed by atoms with Crippen molar-refractivity contribution in [3.05, 3.63) is 74.9 Å². The SMILES string of the molecule is [2H]c1ccc(C(CC)CC)c(-n2ccn(-c3c(C(CC)CC)ccc([2H])c3C(CC)CC)[c]2=[Pd])c1C(CC)CC. The van der Waals surface area contributed by atoms with Gasteiger partial charge in [0.2, 0.25) is 0 Å². The van der Waals surface area contributed by atoms with E-state index in [0.717, 1.165) is 55.3 Å². The minimum absolute atomic E-state index is 0.334. The fourth-order valence-electron chi connectivity index (χ4n) is 6.40. The molecule has 0 N–H and O–H groups in total. The van der Waals surface area contributed by atoms with Crippen molar-refractivity contribution in [3.8, 4) is 11.4 Å². The summed E-state index contributed by atoms with van der Waals surface area (Å²) in [5.41, 5.74) is 7.38. The topological polar surface area (TPSA) is 9.86 Å². The number of para-hydroxylation sites is 2. The molecule has 0 aliphatic rings. The number of benzene rings is 2. The van der Waals surface area contributed by atoms with Crippen LogP contribution in [-0.2, 0) is 18.7 Å². The van der Waals surface area contributed by atoms with Gasteiger partial charge in [0.15, 0.2) is 0 Å². The third-order valence-corrected chi connectivity index (χ3v) is 9.66. The summed E-state index contributed by atoms with van der Waals surface area (Å²) < 4.78 is 23.7. The molecule has 0 spiro atoms. The quantitative estimate of drug-likeness (QED) is 0.161. The molecule has 0 aliphatic heterocycles. The van der Waals surface area contributed by atoms with Crippen LogP contribution < -0.4 is 0 Å². The van der Waals surface area contributed by atoms with E-state index < -0.39 is 0 Å². The van der Waals surface area contributed by atoms with Crippen molar-refractivity contribution in [1.29, 1.82) is 0 Å². The Bertz CT molecular complexity index is 1210. The van der Waals surface area contributed by atoms with Crippen LogP contribution in [0.25, 0.3) is 11.4 Å². The monoisotopic (exact) mass is 608 g/mol. The van der Waals surface area contributed by atoms with Crippen molar-refractivity contribution >= 4 is 0 Å². The van der Waals surface area contributed by atoms with E-state index in [0.29, 0.717) is 35.8 Å². The molecular weight excluding hydrogens is 555 g/mol. The Balaban J connectivity index is 2.47. The first-order valence-corrected chi connectivity index (χ1v) is 16.1. The molecule has 212 valence electrons. The zero-order valence-corrected chi connectivity index (χ0v) is 26.7. The number of hydrogen-bond donors (Lipinski definition) is 0. The molecule has 0 bridgehead atoms. The molecule has 0 saturated carbocycles. The average Bonchev–Trinajstić information content (AvgIpc) is 3.34. The normalized spacial score (nSPS) is 12.8. The van der Waals surface area contributed by atoms with E-state index in [1.165, 1.54) is 33.6 Å². The molecule has 0 radical (unpaired) electrons. The third-order valence-electron chi connectivity index (χ3n) is 8.91. The number of nitrogens with zero attached hydrogens (tertiary/aromatic N) is 2. The molecular formula is C35H52N2Pd. The van der Waals surface area contributed by atoms with E-state index >= 15 is 0 Å². The molecule has 0 saturated heterocycles. The zero-order chi connectivity index (χ0) is 29.6. The second-order valence-corrected chi connectivity index (χ2v) is 11.4. The Morgan fingerprint density at radius 3 is 1.13 bits per heavy atom. The Kier molecular flexibility index (Phi) is 10.7. The van der Waals surface area contributed by atoms with Gasteiger partial charge in [0, 0.05) is 0 Å². The number of imidazole rings is 1. The van der Waals surface area contributed by atoms with E-state index in [1.54, 1.807) is 0 Å². The van der Waals surface area contributed by atoms with Crippen LogP contribution in [0.3, 0.4) is 0 Å². The zero-order valence-electron chi connectivity index (χ0n) is 27.1. The maximum absolute atomic E-state index is 9.04. The standard InChI is InChI=1S/C35H52N2.Pd/c1-9-26(10-2)30-19-17-20-31(27(11-3)12-4)34(30)36-23-24-37(25-36)35-32(28(13-5)14-6)21-18-22-33(35)29(15-7)16-8;/h17-24,26-29H,9-16H2,1-8H3;/i19D,21D;. The fourth-order valence-corrected chi connectivity index (χ4v) is 6.98. The first-order chi connectivity index (χ1) is 19.3. The summed E-state index contributed by atoms with van der Waals surface area (Å²) >= 11 is 3.71. The summed E-state index contributed by atoms with van der Waals surface area (Å²) in [5.74, 6) is 1.54. The van der Waals surface area contributed by atoms with Crippen LogP contribution in [0, 0.1) is 3.89 Å². The number of aromatic nitrogens is 2.